The van der Waals surface area contributed by atoms with Gasteiger partial charge in [0.15, 0.2) is 9.84 Å². The van der Waals surface area contributed by atoms with Crippen molar-refractivity contribution in [2.24, 2.45) is 11.1 Å². The summed E-state index contributed by atoms with van der Waals surface area (Å²) in [6, 6.07) is -0.135. The first-order chi connectivity index (χ1) is 7.91. The van der Waals surface area contributed by atoms with Gasteiger partial charge in [0.05, 0.1) is 11.5 Å². The molecule has 2 atom stereocenters. The third-order valence-corrected chi connectivity index (χ3v) is 6.54. The van der Waals surface area contributed by atoms with Gasteiger partial charge in [-0.15, -0.1) is 0 Å². The summed E-state index contributed by atoms with van der Waals surface area (Å²) in [6.45, 7) is 6.50. The molecule has 2 aliphatic heterocycles. The van der Waals surface area contributed by atoms with Crippen LogP contribution in [0.1, 0.15) is 33.1 Å². The van der Waals surface area contributed by atoms with Gasteiger partial charge in [0.1, 0.15) is 0 Å². The van der Waals surface area contributed by atoms with Gasteiger partial charge in [-0.2, -0.15) is 0 Å². The average Bonchev–Trinajstić information content (AvgIpc) is 2.80. The Bertz CT molecular complexity index is 376. The van der Waals surface area contributed by atoms with Gasteiger partial charge in [0.2, 0.25) is 0 Å². The van der Waals surface area contributed by atoms with Gasteiger partial charge in [-0.05, 0) is 31.2 Å². The minimum Gasteiger partial charge on any atom is -0.325 e. The van der Waals surface area contributed by atoms with Crippen molar-refractivity contribution >= 4 is 9.84 Å². The van der Waals surface area contributed by atoms with Crippen molar-refractivity contribution in [3.05, 3.63) is 0 Å². The Labute approximate surface area is 104 Å². The SMILES string of the molecule is CCC1(CC)CCN(C2CS(=O)(=O)CC2N)C1. The predicted octanol–water partition coefficient (Wildman–Crippen LogP) is 0.623. The fourth-order valence-electron chi connectivity index (χ4n) is 3.31. The van der Waals surface area contributed by atoms with E-state index >= 15 is 0 Å². The van der Waals surface area contributed by atoms with Crippen LogP contribution in [0.15, 0.2) is 0 Å². The summed E-state index contributed by atoms with van der Waals surface area (Å²) in [4.78, 5) is 2.32. The molecule has 5 heteroatoms. The molecule has 100 valence electrons. The summed E-state index contributed by atoms with van der Waals surface area (Å²) in [5.41, 5.74) is 6.38. The Kier molecular flexibility index (Phi) is 3.54. The van der Waals surface area contributed by atoms with Gasteiger partial charge in [0.25, 0.3) is 0 Å². The first kappa shape index (κ1) is 13.3. The number of nitrogens with zero attached hydrogens (tertiary/aromatic N) is 1. The molecule has 0 aromatic heterocycles. The van der Waals surface area contributed by atoms with Gasteiger partial charge in [-0.25, -0.2) is 8.42 Å². The molecule has 2 saturated heterocycles. The Morgan fingerprint density at radius 3 is 2.35 bits per heavy atom. The first-order valence-electron chi connectivity index (χ1n) is 6.61. The fraction of sp³-hybridized carbons (Fsp3) is 1.00. The maximum atomic E-state index is 11.6. The quantitative estimate of drug-likeness (QED) is 0.808. The third kappa shape index (κ3) is 2.51. The molecule has 2 rings (SSSR count). The molecule has 2 aliphatic rings. The van der Waals surface area contributed by atoms with E-state index in [-0.39, 0.29) is 23.6 Å². The highest BCUT2D eigenvalue weighted by atomic mass is 32.2. The van der Waals surface area contributed by atoms with Crippen LogP contribution >= 0.6 is 0 Å². The van der Waals surface area contributed by atoms with E-state index in [9.17, 15) is 8.42 Å². The van der Waals surface area contributed by atoms with Crippen molar-refractivity contribution in [2.45, 2.75) is 45.2 Å². The highest BCUT2D eigenvalue weighted by Gasteiger charge is 2.44. The lowest BCUT2D eigenvalue weighted by Gasteiger charge is -2.30. The summed E-state index contributed by atoms with van der Waals surface area (Å²) in [7, 11) is -2.90. The standard InChI is InChI=1S/C12H24N2O2S/c1-3-12(4-2)5-6-14(9-12)11-8-17(15,16)7-10(11)13/h10-11H,3-9,13H2,1-2H3. The normalized spacial score (nSPS) is 36.4. The molecule has 17 heavy (non-hydrogen) atoms. The maximum Gasteiger partial charge on any atom is 0.153 e. The molecule has 4 nitrogen and oxygen atoms in total. The van der Waals surface area contributed by atoms with Crippen LogP contribution in [0.4, 0.5) is 0 Å². The predicted molar refractivity (Wildman–Crippen MR) is 69.6 cm³/mol. The second-order valence-corrected chi connectivity index (χ2v) is 7.89. The summed E-state index contributed by atoms with van der Waals surface area (Å²) < 4.78 is 23.2. The topological polar surface area (TPSA) is 63.4 Å². The molecule has 0 aliphatic carbocycles. The number of hydrogen-bond donors (Lipinski definition) is 1. The van der Waals surface area contributed by atoms with Gasteiger partial charge in [-0.3, -0.25) is 4.90 Å². The minimum absolute atomic E-state index is 0.0555. The third-order valence-electron chi connectivity index (χ3n) is 4.80. The number of rotatable bonds is 3. The summed E-state index contributed by atoms with van der Waals surface area (Å²) in [5, 5.41) is 0. The lowest BCUT2D eigenvalue weighted by atomic mass is 9.82. The van der Waals surface area contributed by atoms with E-state index in [1.807, 2.05) is 0 Å². The fourth-order valence-corrected chi connectivity index (χ4v) is 5.24. The van der Waals surface area contributed by atoms with E-state index in [1.165, 1.54) is 19.3 Å². The van der Waals surface area contributed by atoms with Crippen LogP contribution in [0, 0.1) is 5.41 Å². The molecular formula is C12H24N2O2S. The zero-order valence-electron chi connectivity index (χ0n) is 10.9. The Morgan fingerprint density at radius 2 is 1.94 bits per heavy atom. The molecule has 0 spiro atoms. The van der Waals surface area contributed by atoms with Crippen LogP contribution in [0.25, 0.3) is 0 Å². The second kappa shape index (κ2) is 4.52. The van der Waals surface area contributed by atoms with Gasteiger partial charge in [0, 0.05) is 18.6 Å². The average molecular weight is 260 g/mol. The van der Waals surface area contributed by atoms with E-state index in [0.717, 1.165) is 13.1 Å². The monoisotopic (exact) mass is 260 g/mol. The van der Waals surface area contributed by atoms with Crippen LogP contribution in [0.2, 0.25) is 0 Å². The van der Waals surface area contributed by atoms with E-state index in [2.05, 4.69) is 18.7 Å². The Balaban J connectivity index is 2.07. The van der Waals surface area contributed by atoms with E-state index in [0.29, 0.717) is 5.41 Å². The molecule has 0 aromatic rings. The minimum atomic E-state index is -2.90. The van der Waals surface area contributed by atoms with E-state index < -0.39 is 9.84 Å². The van der Waals surface area contributed by atoms with E-state index in [4.69, 9.17) is 5.73 Å². The number of nitrogens with two attached hydrogens (primary N) is 1. The van der Waals surface area contributed by atoms with Crippen molar-refractivity contribution in [2.75, 3.05) is 24.6 Å². The van der Waals surface area contributed by atoms with Crippen molar-refractivity contribution in [3.63, 3.8) is 0 Å². The van der Waals surface area contributed by atoms with E-state index in [1.54, 1.807) is 0 Å². The van der Waals surface area contributed by atoms with Crippen LogP contribution in [0.5, 0.6) is 0 Å². The molecule has 2 N–H and O–H groups in total. The molecule has 0 amide bonds. The maximum absolute atomic E-state index is 11.6. The number of hydrogen-bond acceptors (Lipinski definition) is 4. The van der Waals surface area contributed by atoms with Crippen molar-refractivity contribution in [3.8, 4) is 0 Å². The van der Waals surface area contributed by atoms with Crippen molar-refractivity contribution in [1.82, 2.24) is 4.90 Å². The molecular weight excluding hydrogens is 236 g/mol. The van der Waals surface area contributed by atoms with Crippen LogP contribution in [-0.2, 0) is 9.84 Å². The molecule has 0 saturated carbocycles. The van der Waals surface area contributed by atoms with Crippen molar-refractivity contribution < 1.29 is 8.42 Å². The molecule has 0 radical (unpaired) electrons. The van der Waals surface area contributed by atoms with Crippen LogP contribution in [-0.4, -0.2) is 50.0 Å². The van der Waals surface area contributed by atoms with Gasteiger partial charge < -0.3 is 5.73 Å². The summed E-state index contributed by atoms with van der Waals surface area (Å²) >= 11 is 0. The molecule has 2 unspecified atom stereocenters. The molecule has 2 heterocycles. The van der Waals surface area contributed by atoms with Crippen LogP contribution < -0.4 is 5.73 Å². The number of likely N-dealkylation sites (tertiary alicyclic amines) is 1. The molecule has 0 aromatic carbocycles. The molecule has 0 bridgehead atoms. The Hall–Kier alpha value is -0.130. The smallest absolute Gasteiger partial charge is 0.153 e. The first-order valence-corrected chi connectivity index (χ1v) is 8.43. The Morgan fingerprint density at radius 1 is 1.29 bits per heavy atom. The second-order valence-electron chi connectivity index (χ2n) is 5.74. The van der Waals surface area contributed by atoms with Crippen molar-refractivity contribution in [1.29, 1.82) is 0 Å². The zero-order valence-corrected chi connectivity index (χ0v) is 11.7. The highest BCUT2D eigenvalue weighted by molar-refractivity contribution is 7.91. The van der Waals surface area contributed by atoms with Gasteiger partial charge in [-0.1, -0.05) is 13.8 Å². The van der Waals surface area contributed by atoms with Crippen LogP contribution in [0.3, 0.4) is 0 Å². The lowest BCUT2D eigenvalue weighted by Crippen LogP contribution is -2.46. The zero-order chi connectivity index (χ0) is 12.7. The lowest BCUT2D eigenvalue weighted by molar-refractivity contribution is 0.195. The number of sulfone groups is 1. The van der Waals surface area contributed by atoms with Gasteiger partial charge >= 0.3 is 0 Å². The molecule has 2 fully saturated rings. The highest BCUT2D eigenvalue weighted by Crippen LogP contribution is 2.38. The summed E-state index contributed by atoms with van der Waals surface area (Å²) in [5.74, 6) is 0.428. The summed E-state index contributed by atoms with van der Waals surface area (Å²) in [6.07, 6.45) is 3.53. The largest absolute Gasteiger partial charge is 0.325 e.